The monoisotopic (exact) mass is 361 g/mol. The number of nitrogens with one attached hydrogen (secondary N) is 1. The average molecular weight is 361 g/mol. The first-order valence-electron chi connectivity index (χ1n) is 7.88. The van der Waals surface area contributed by atoms with Crippen molar-refractivity contribution in [3.05, 3.63) is 65.2 Å². The van der Waals surface area contributed by atoms with E-state index in [-0.39, 0.29) is 5.91 Å². The number of carbonyl (C=O) groups is 1. The lowest BCUT2D eigenvalue weighted by Crippen LogP contribution is -2.39. The highest BCUT2D eigenvalue weighted by Crippen LogP contribution is 2.29. The van der Waals surface area contributed by atoms with Gasteiger partial charge in [0.15, 0.2) is 0 Å². The number of amides is 1. The molecule has 0 heterocycles. The first-order chi connectivity index (χ1) is 12.2. The third-order valence-electron chi connectivity index (χ3n) is 4.01. The van der Waals surface area contributed by atoms with Crippen LogP contribution in [0.1, 0.15) is 23.6 Å². The molecule has 0 unspecified atom stereocenters. The second kappa shape index (κ2) is 8.02. The molecule has 26 heavy (non-hydrogen) atoms. The molecule has 0 aliphatic carbocycles. The van der Waals surface area contributed by atoms with Gasteiger partial charge in [-0.2, -0.15) is 18.4 Å². The number of nitrogens with zero attached hydrogens (tertiary/aromatic N) is 2. The molecule has 0 aromatic heterocycles. The Morgan fingerprint density at radius 1 is 1.23 bits per heavy atom. The molecule has 1 amide bonds. The molecule has 0 spiro atoms. The van der Waals surface area contributed by atoms with Crippen LogP contribution in [0.5, 0.6) is 0 Å². The van der Waals surface area contributed by atoms with Gasteiger partial charge < -0.3 is 5.32 Å². The van der Waals surface area contributed by atoms with E-state index >= 15 is 0 Å². The lowest BCUT2D eigenvalue weighted by atomic mass is 10.1. The summed E-state index contributed by atoms with van der Waals surface area (Å²) in [5.74, 6) is -0.269. The smallest absolute Gasteiger partial charge is 0.325 e. The number of anilines is 1. The lowest BCUT2D eigenvalue weighted by Gasteiger charge is -2.24. The maximum atomic E-state index is 12.6. The van der Waals surface area contributed by atoms with Crippen LogP contribution >= 0.6 is 0 Å². The van der Waals surface area contributed by atoms with Gasteiger partial charge in [-0.1, -0.05) is 18.2 Å². The quantitative estimate of drug-likeness (QED) is 0.875. The summed E-state index contributed by atoms with van der Waals surface area (Å²) in [6.07, 6.45) is -4.37. The normalized spacial score (nSPS) is 12.5. The van der Waals surface area contributed by atoms with Gasteiger partial charge in [0.1, 0.15) is 0 Å². The molecule has 1 N–H and O–H groups in total. The molecular weight excluding hydrogens is 343 g/mol. The molecule has 1 atom stereocenters. The number of hydrogen-bond acceptors (Lipinski definition) is 3. The molecule has 7 heteroatoms. The molecule has 0 aliphatic rings. The van der Waals surface area contributed by atoms with Gasteiger partial charge in [0.2, 0.25) is 5.91 Å². The minimum Gasteiger partial charge on any atom is -0.325 e. The summed E-state index contributed by atoms with van der Waals surface area (Å²) in [6.45, 7) is 2.03. The van der Waals surface area contributed by atoms with Crippen LogP contribution in [0.15, 0.2) is 48.5 Å². The van der Waals surface area contributed by atoms with Crippen molar-refractivity contribution in [2.24, 2.45) is 0 Å². The molecule has 4 nitrogen and oxygen atoms in total. The Balaban J connectivity index is 1.98. The molecule has 2 aromatic rings. The zero-order valence-electron chi connectivity index (χ0n) is 14.3. The van der Waals surface area contributed by atoms with Crippen LogP contribution in [-0.4, -0.2) is 23.9 Å². The van der Waals surface area contributed by atoms with E-state index in [0.29, 0.717) is 23.4 Å². The lowest BCUT2D eigenvalue weighted by molar-refractivity contribution is -0.137. The Morgan fingerprint density at radius 2 is 1.88 bits per heavy atom. The highest BCUT2D eigenvalue weighted by atomic mass is 19.4. The van der Waals surface area contributed by atoms with Crippen LogP contribution in [-0.2, 0) is 17.5 Å². The summed E-state index contributed by atoms with van der Waals surface area (Å²) < 4.78 is 37.8. The summed E-state index contributed by atoms with van der Waals surface area (Å²) in [5.41, 5.74) is 0.927. The van der Waals surface area contributed by atoms with E-state index in [1.165, 1.54) is 12.1 Å². The van der Waals surface area contributed by atoms with Gasteiger partial charge in [-0.05, 0) is 49.9 Å². The summed E-state index contributed by atoms with van der Waals surface area (Å²) in [5, 5.41) is 11.6. The van der Waals surface area contributed by atoms with E-state index in [0.717, 1.165) is 12.1 Å². The Hall–Kier alpha value is -2.85. The van der Waals surface area contributed by atoms with Crippen molar-refractivity contribution in [3.8, 4) is 6.07 Å². The van der Waals surface area contributed by atoms with Gasteiger partial charge in [-0.15, -0.1) is 0 Å². The van der Waals surface area contributed by atoms with Crippen LogP contribution in [0.25, 0.3) is 0 Å². The Bertz CT molecular complexity index is 810. The summed E-state index contributed by atoms with van der Waals surface area (Å²) in [4.78, 5) is 14.1. The van der Waals surface area contributed by atoms with E-state index in [1.54, 1.807) is 43.1 Å². The van der Waals surface area contributed by atoms with Gasteiger partial charge in [0.25, 0.3) is 0 Å². The number of alkyl halides is 3. The van der Waals surface area contributed by atoms with E-state index in [1.807, 2.05) is 6.07 Å². The number of likely N-dealkylation sites (N-methyl/N-ethyl adjacent to an activating group) is 1. The highest BCUT2D eigenvalue weighted by molar-refractivity contribution is 5.94. The van der Waals surface area contributed by atoms with Crippen molar-refractivity contribution < 1.29 is 18.0 Å². The van der Waals surface area contributed by atoms with Gasteiger partial charge in [0, 0.05) is 12.2 Å². The molecule has 0 aliphatic heterocycles. The summed E-state index contributed by atoms with van der Waals surface area (Å²) >= 11 is 0. The van der Waals surface area contributed by atoms with Crippen LogP contribution in [0.3, 0.4) is 0 Å². The molecule has 0 bridgehead atoms. The fraction of sp³-hybridized carbons (Fsp3) is 0.263. The maximum Gasteiger partial charge on any atom is 0.416 e. The molecule has 2 rings (SSSR count). The highest BCUT2D eigenvalue weighted by Gasteiger charge is 2.30. The summed E-state index contributed by atoms with van der Waals surface area (Å²) in [7, 11) is 1.72. The zero-order chi connectivity index (χ0) is 19.3. The minimum absolute atomic E-state index is 0.269. The van der Waals surface area contributed by atoms with Crippen LogP contribution < -0.4 is 5.32 Å². The van der Waals surface area contributed by atoms with E-state index in [9.17, 15) is 18.0 Å². The number of halogens is 3. The standard InChI is InChI=1S/C19H18F3N3O/c1-13(18(26)24-17-5-3-4-15(10-17)11-23)25(2)12-14-6-8-16(9-7-14)19(20,21)22/h3-10,13H,12H2,1-2H3,(H,24,26)/t13-/m0/s1. The summed E-state index contributed by atoms with van der Waals surface area (Å²) in [6, 6.07) is 12.9. The van der Waals surface area contributed by atoms with Crippen molar-refractivity contribution in [1.29, 1.82) is 5.26 Å². The molecule has 0 radical (unpaired) electrons. The molecule has 2 aromatic carbocycles. The topological polar surface area (TPSA) is 56.1 Å². The zero-order valence-corrected chi connectivity index (χ0v) is 14.3. The van der Waals surface area contributed by atoms with Gasteiger partial charge >= 0.3 is 6.18 Å². The predicted octanol–water partition coefficient (Wildman–Crippen LogP) is 4.04. The molecule has 136 valence electrons. The van der Waals surface area contributed by atoms with Crippen molar-refractivity contribution in [1.82, 2.24) is 4.90 Å². The fourth-order valence-electron chi connectivity index (χ4n) is 2.34. The van der Waals surface area contributed by atoms with Crippen molar-refractivity contribution in [2.75, 3.05) is 12.4 Å². The van der Waals surface area contributed by atoms with E-state index < -0.39 is 17.8 Å². The molecule has 0 fully saturated rings. The van der Waals surface area contributed by atoms with Crippen molar-refractivity contribution >= 4 is 11.6 Å². The Morgan fingerprint density at radius 3 is 2.46 bits per heavy atom. The van der Waals surface area contributed by atoms with Gasteiger partial charge in [-0.25, -0.2) is 0 Å². The minimum atomic E-state index is -4.37. The largest absolute Gasteiger partial charge is 0.416 e. The van der Waals surface area contributed by atoms with Crippen LogP contribution in [0, 0.1) is 11.3 Å². The second-order valence-corrected chi connectivity index (χ2v) is 5.97. The van der Waals surface area contributed by atoms with Gasteiger partial charge in [0.05, 0.1) is 23.2 Å². The average Bonchev–Trinajstić information content (AvgIpc) is 2.60. The fourth-order valence-corrected chi connectivity index (χ4v) is 2.34. The number of carbonyl (C=O) groups excluding carboxylic acids is 1. The third kappa shape index (κ3) is 5.07. The number of hydrogen-bond donors (Lipinski definition) is 1. The van der Waals surface area contributed by atoms with E-state index in [2.05, 4.69) is 5.32 Å². The predicted molar refractivity (Wildman–Crippen MR) is 92.2 cm³/mol. The number of nitriles is 1. The number of rotatable bonds is 5. The number of benzene rings is 2. The first-order valence-corrected chi connectivity index (χ1v) is 7.88. The third-order valence-corrected chi connectivity index (χ3v) is 4.01. The first kappa shape index (κ1) is 19.5. The molecule has 0 saturated heterocycles. The molecule has 0 saturated carbocycles. The van der Waals surface area contributed by atoms with E-state index in [4.69, 9.17) is 5.26 Å². The van der Waals surface area contributed by atoms with Crippen LogP contribution in [0.2, 0.25) is 0 Å². The van der Waals surface area contributed by atoms with Crippen molar-refractivity contribution in [2.45, 2.75) is 25.7 Å². The Labute approximate surface area is 149 Å². The SMILES string of the molecule is C[C@@H](C(=O)Nc1cccc(C#N)c1)N(C)Cc1ccc(C(F)(F)F)cc1. The Kier molecular flexibility index (Phi) is 6.01. The second-order valence-electron chi connectivity index (χ2n) is 5.97. The van der Waals surface area contributed by atoms with Crippen molar-refractivity contribution in [3.63, 3.8) is 0 Å². The molecular formula is C19H18F3N3O. The van der Waals surface area contributed by atoms with Crippen LogP contribution in [0.4, 0.5) is 18.9 Å². The maximum absolute atomic E-state index is 12.6. The van der Waals surface area contributed by atoms with Gasteiger partial charge in [-0.3, -0.25) is 9.69 Å².